The highest BCUT2D eigenvalue weighted by Crippen LogP contribution is 2.19. The van der Waals surface area contributed by atoms with Gasteiger partial charge in [0.05, 0.1) is 6.04 Å². The molecule has 3 amide bonds. The van der Waals surface area contributed by atoms with Crippen molar-refractivity contribution >= 4 is 40.6 Å². The highest BCUT2D eigenvalue weighted by Gasteiger charge is 2.31. The molecule has 4 atom stereocenters. The molecule has 13 nitrogen and oxygen atoms in total. The molecule has 0 bridgehead atoms. The van der Waals surface area contributed by atoms with Crippen LogP contribution in [0.25, 0.3) is 10.9 Å². The number of unbranched alkanes of at least 4 members (excludes halogenated alkanes) is 1. The number of nitrogens with two attached hydrogens (primary N) is 2. The number of benzene rings is 2. The van der Waals surface area contributed by atoms with Crippen molar-refractivity contribution in [3.63, 3.8) is 0 Å². The number of aliphatic carboxylic acids is 2. The van der Waals surface area contributed by atoms with Crippen LogP contribution in [-0.4, -0.2) is 75.6 Å². The molecule has 0 aliphatic carbocycles. The lowest BCUT2D eigenvalue weighted by Gasteiger charge is -2.25. The minimum absolute atomic E-state index is 0.0164. The third-order valence-electron chi connectivity index (χ3n) is 7.22. The van der Waals surface area contributed by atoms with Crippen LogP contribution in [0.2, 0.25) is 0 Å². The zero-order valence-corrected chi connectivity index (χ0v) is 24.3. The summed E-state index contributed by atoms with van der Waals surface area (Å²) in [6.07, 6.45) is 2.67. The van der Waals surface area contributed by atoms with Gasteiger partial charge in [-0.05, 0) is 43.0 Å². The van der Waals surface area contributed by atoms with E-state index in [0.717, 1.165) is 16.5 Å². The smallest absolute Gasteiger partial charge is 0.326 e. The topological polar surface area (TPSA) is 230 Å². The van der Waals surface area contributed by atoms with Gasteiger partial charge in [0.15, 0.2) is 0 Å². The molecule has 0 fully saturated rings. The third-order valence-corrected chi connectivity index (χ3v) is 7.22. The largest absolute Gasteiger partial charge is 0.481 e. The van der Waals surface area contributed by atoms with Gasteiger partial charge in [-0.1, -0.05) is 55.0 Å². The number of aromatic nitrogens is 1. The molecular formula is C31H40N6O7. The summed E-state index contributed by atoms with van der Waals surface area (Å²) in [4.78, 5) is 66.2. The van der Waals surface area contributed by atoms with Gasteiger partial charge in [0.2, 0.25) is 17.7 Å². The van der Waals surface area contributed by atoms with E-state index < -0.39 is 60.2 Å². The van der Waals surface area contributed by atoms with Crippen LogP contribution in [-0.2, 0) is 36.8 Å². The summed E-state index contributed by atoms with van der Waals surface area (Å²) >= 11 is 0. The number of carboxylic acids is 2. The van der Waals surface area contributed by atoms with Gasteiger partial charge in [-0.2, -0.15) is 0 Å². The Morgan fingerprint density at radius 2 is 1.36 bits per heavy atom. The number of aromatic amines is 1. The maximum Gasteiger partial charge on any atom is 0.326 e. The average molecular weight is 609 g/mol. The maximum absolute atomic E-state index is 13.7. The molecule has 13 heteroatoms. The second-order valence-corrected chi connectivity index (χ2v) is 10.6. The van der Waals surface area contributed by atoms with Gasteiger partial charge < -0.3 is 42.6 Å². The zero-order chi connectivity index (χ0) is 32.1. The van der Waals surface area contributed by atoms with Crippen LogP contribution in [0.3, 0.4) is 0 Å². The van der Waals surface area contributed by atoms with Gasteiger partial charge in [-0.3, -0.25) is 19.2 Å². The molecule has 10 N–H and O–H groups in total. The first kappa shape index (κ1) is 33.7. The summed E-state index contributed by atoms with van der Waals surface area (Å²) in [6, 6.07) is 11.6. The number of rotatable bonds is 18. The zero-order valence-electron chi connectivity index (χ0n) is 24.3. The molecule has 44 heavy (non-hydrogen) atoms. The van der Waals surface area contributed by atoms with E-state index in [1.165, 1.54) is 0 Å². The number of fused-ring (bicyclic) bond motifs is 1. The van der Waals surface area contributed by atoms with Gasteiger partial charge in [0.1, 0.15) is 18.1 Å². The highest BCUT2D eigenvalue weighted by molar-refractivity contribution is 5.95. The fraction of sp³-hybridized carbons (Fsp3) is 0.387. The van der Waals surface area contributed by atoms with Gasteiger partial charge in [-0.25, -0.2) is 4.79 Å². The Balaban J connectivity index is 1.87. The number of carboxylic acid groups (broad SMARTS) is 2. The van der Waals surface area contributed by atoms with E-state index in [9.17, 15) is 29.1 Å². The molecule has 2 aromatic carbocycles. The van der Waals surface area contributed by atoms with Gasteiger partial charge in [0, 0.05) is 36.4 Å². The number of hydrogen-bond donors (Lipinski definition) is 8. The van der Waals surface area contributed by atoms with Crippen molar-refractivity contribution in [2.75, 3.05) is 6.54 Å². The molecule has 4 unspecified atom stereocenters. The van der Waals surface area contributed by atoms with Crippen LogP contribution in [0, 0.1) is 0 Å². The summed E-state index contributed by atoms with van der Waals surface area (Å²) in [7, 11) is 0. The van der Waals surface area contributed by atoms with Gasteiger partial charge in [-0.15, -0.1) is 0 Å². The Hall–Kier alpha value is -4.75. The van der Waals surface area contributed by atoms with Crippen LogP contribution < -0.4 is 27.4 Å². The molecule has 1 aromatic heterocycles. The average Bonchev–Trinajstić information content (AvgIpc) is 3.41. The van der Waals surface area contributed by atoms with Crippen molar-refractivity contribution in [2.24, 2.45) is 11.5 Å². The molecule has 0 aliphatic rings. The molecule has 0 radical (unpaired) electrons. The molecule has 3 aromatic rings. The quantitative estimate of drug-likeness (QED) is 0.0954. The minimum Gasteiger partial charge on any atom is -0.481 e. The van der Waals surface area contributed by atoms with Crippen molar-refractivity contribution in [2.45, 2.75) is 69.1 Å². The standard InChI is InChI=1S/C31H40N6O7/c32-15-7-6-11-22(33)28(40)36-25(16-19-8-2-1-3-9-19)29(41)37-26(17-20-18-34-23-12-5-4-10-21(20)23)30(42)35-24(31(43)44)13-14-27(38)39/h1-5,8-10,12,18,22,24-26,34H,6-7,11,13-17,32-33H2,(H,35,42)(H,36,40)(H,37,41)(H,38,39)(H,43,44). The maximum atomic E-state index is 13.7. The number of para-hydroxylation sites is 1. The molecule has 1 heterocycles. The van der Waals surface area contributed by atoms with Crippen molar-refractivity contribution in [3.8, 4) is 0 Å². The van der Waals surface area contributed by atoms with Crippen LogP contribution in [0.1, 0.15) is 43.2 Å². The SMILES string of the molecule is NCCCCC(N)C(=O)NC(Cc1ccccc1)C(=O)NC(Cc1c[nH]c2ccccc12)C(=O)NC(CCC(=O)O)C(=O)O. The normalized spacial score (nSPS) is 13.8. The first-order valence-corrected chi connectivity index (χ1v) is 14.5. The lowest BCUT2D eigenvalue weighted by molar-refractivity contribution is -0.143. The number of carbonyl (C=O) groups is 5. The van der Waals surface area contributed by atoms with Crippen LogP contribution in [0.5, 0.6) is 0 Å². The van der Waals surface area contributed by atoms with Gasteiger partial charge in [0.25, 0.3) is 0 Å². The van der Waals surface area contributed by atoms with E-state index in [1.54, 1.807) is 30.5 Å². The number of H-pyrrole nitrogens is 1. The summed E-state index contributed by atoms with van der Waals surface area (Å²) in [5.74, 6) is -4.64. The fourth-order valence-electron chi connectivity index (χ4n) is 4.78. The van der Waals surface area contributed by atoms with Crippen LogP contribution in [0.4, 0.5) is 0 Å². The summed E-state index contributed by atoms with van der Waals surface area (Å²) in [5, 5.41) is 27.2. The lowest BCUT2D eigenvalue weighted by Crippen LogP contribution is -2.58. The lowest BCUT2D eigenvalue weighted by atomic mass is 10.0. The van der Waals surface area contributed by atoms with Gasteiger partial charge >= 0.3 is 11.9 Å². The number of carbonyl (C=O) groups excluding carboxylic acids is 3. The number of amides is 3. The first-order valence-electron chi connectivity index (χ1n) is 14.5. The molecule has 3 rings (SSSR count). The molecule has 0 aliphatic heterocycles. The summed E-state index contributed by atoms with van der Waals surface area (Å²) in [6.45, 7) is 0.465. The summed E-state index contributed by atoms with van der Waals surface area (Å²) in [5.41, 5.74) is 13.8. The van der Waals surface area contributed by atoms with E-state index in [2.05, 4.69) is 20.9 Å². The van der Waals surface area contributed by atoms with Crippen molar-refractivity contribution < 1.29 is 34.2 Å². The van der Waals surface area contributed by atoms with Crippen molar-refractivity contribution in [1.82, 2.24) is 20.9 Å². The second kappa shape index (κ2) is 16.8. The van der Waals surface area contributed by atoms with E-state index in [-0.39, 0.29) is 19.3 Å². The molecule has 0 spiro atoms. The van der Waals surface area contributed by atoms with E-state index in [4.69, 9.17) is 16.6 Å². The predicted molar refractivity (Wildman–Crippen MR) is 163 cm³/mol. The van der Waals surface area contributed by atoms with E-state index in [0.29, 0.717) is 31.4 Å². The first-order chi connectivity index (χ1) is 21.1. The molecule has 236 valence electrons. The Morgan fingerprint density at radius 3 is 2.02 bits per heavy atom. The Kier molecular flexibility index (Phi) is 12.9. The molecular weight excluding hydrogens is 568 g/mol. The Labute approximate surface area is 254 Å². The van der Waals surface area contributed by atoms with E-state index in [1.807, 2.05) is 30.3 Å². The Bertz CT molecular complexity index is 1430. The minimum atomic E-state index is -1.49. The summed E-state index contributed by atoms with van der Waals surface area (Å²) < 4.78 is 0. The second-order valence-electron chi connectivity index (χ2n) is 10.6. The third kappa shape index (κ3) is 10.2. The van der Waals surface area contributed by atoms with Crippen LogP contribution in [0.15, 0.2) is 60.8 Å². The Morgan fingerprint density at radius 1 is 0.750 bits per heavy atom. The fourth-order valence-corrected chi connectivity index (χ4v) is 4.78. The molecule has 0 saturated heterocycles. The van der Waals surface area contributed by atoms with Crippen molar-refractivity contribution in [3.05, 3.63) is 71.9 Å². The molecule has 0 saturated carbocycles. The van der Waals surface area contributed by atoms with Crippen LogP contribution >= 0.6 is 0 Å². The highest BCUT2D eigenvalue weighted by atomic mass is 16.4. The number of hydrogen-bond acceptors (Lipinski definition) is 7. The van der Waals surface area contributed by atoms with E-state index >= 15 is 0 Å². The monoisotopic (exact) mass is 608 g/mol. The number of nitrogens with one attached hydrogen (secondary N) is 4. The predicted octanol–water partition coefficient (Wildman–Crippen LogP) is 0.813. The van der Waals surface area contributed by atoms with Crippen molar-refractivity contribution in [1.29, 1.82) is 0 Å².